The Bertz CT molecular complexity index is 550. The summed E-state index contributed by atoms with van der Waals surface area (Å²) in [7, 11) is 0. The number of carbonyl (C=O) groups is 1. The number of ether oxygens (including phenoxy) is 1. The van der Waals surface area contributed by atoms with E-state index in [9.17, 15) is 4.79 Å². The van der Waals surface area contributed by atoms with E-state index in [0.29, 0.717) is 11.5 Å². The van der Waals surface area contributed by atoms with E-state index in [-0.39, 0.29) is 18.9 Å². The Kier molecular flexibility index (Phi) is 4.11. The zero-order valence-electron chi connectivity index (χ0n) is 10.00. The summed E-state index contributed by atoms with van der Waals surface area (Å²) in [5, 5.41) is 12.4. The van der Waals surface area contributed by atoms with Crippen LogP contribution in [0.15, 0.2) is 34.9 Å². The van der Waals surface area contributed by atoms with Gasteiger partial charge in [-0.15, -0.1) is 0 Å². The number of aliphatic hydroxyl groups is 1. The number of hydrogen-bond donors (Lipinski definition) is 3. The molecule has 0 fully saturated rings. The number of nitrogens with zero attached hydrogens (tertiary/aromatic N) is 1. The number of nitrogens with one attached hydrogen (secondary N) is 1. The Morgan fingerprint density at radius 1 is 1.42 bits per heavy atom. The lowest BCUT2D eigenvalue weighted by atomic mass is 10.2. The second-order valence-electron chi connectivity index (χ2n) is 3.74. The third kappa shape index (κ3) is 3.30. The minimum Gasteiger partial charge on any atom is -0.486 e. The van der Waals surface area contributed by atoms with Gasteiger partial charge < -0.3 is 14.4 Å². The first-order chi connectivity index (χ1) is 9.22. The van der Waals surface area contributed by atoms with Crippen molar-refractivity contribution in [3.05, 3.63) is 47.3 Å². The summed E-state index contributed by atoms with van der Waals surface area (Å²) in [4.78, 5) is 11.1. The monoisotopic (exact) mass is 263 g/mol. The van der Waals surface area contributed by atoms with Crippen molar-refractivity contribution in [2.45, 2.75) is 13.2 Å². The molecule has 4 N–H and O–H groups in total. The molecule has 2 aromatic rings. The Balaban J connectivity index is 1.94. The van der Waals surface area contributed by atoms with Gasteiger partial charge in [-0.3, -0.25) is 10.2 Å². The van der Waals surface area contributed by atoms with Crippen LogP contribution >= 0.6 is 0 Å². The fourth-order valence-corrected chi connectivity index (χ4v) is 1.41. The van der Waals surface area contributed by atoms with Crippen molar-refractivity contribution in [1.82, 2.24) is 10.6 Å². The molecule has 19 heavy (non-hydrogen) atoms. The van der Waals surface area contributed by atoms with Crippen LogP contribution in [-0.2, 0) is 13.2 Å². The summed E-state index contributed by atoms with van der Waals surface area (Å²) < 4.78 is 10.4. The molecular formula is C12H13N3O4. The van der Waals surface area contributed by atoms with Crippen LogP contribution in [0.2, 0.25) is 0 Å². The van der Waals surface area contributed by atoms with E-state index in [2.05, 4.69) is 5.16 Å². The SMILES string of the molecule is NNC(=O)c1cc(COc2ccc(CO)cc2)on1. The zero-order valence-corrected chi connectivity index (χ0v) is 10.00. The zero-order chi connectivity index (χ0) is 13.7. The molecule has 7 nitrogen and oxygen atoms in total. The minimum atomic E-state index is -0.526. The molecule has 1 aromatic carbocycles. The highest BCUT2D eigenvalue weighted by atomic mass is 16.5. The maximum absolute atomic E-state index is 11.1. The number of carbonyl (C=O) groups excluding carboxylic acids is 1. The number of aromatic nitrogens is 1. The van der Waals surface area contributed by atoms with Gasteiger partial charge in [0.1, 0.15) is 12.4 Å². The largest absolute Gasteiger partial charge is 0.486 e. The van der Waals surface area contributed by atoms with E-state index >= 15 is 0 Å². The lowest BCUT2D eigenvalue weighted by molar-refractivity contribution is 0.0944. The molecule has 100 valence electrons. The van der Waals surface area contributed by atoms with Gasteiger partial charge in [0, 0.05) is 6.07 Å². The minimum absolute atomic E-state index is 0.0139. The molecule has 7 heteroatoms. The molecule has 1 aromatic heterocycles. The Hall–Kier alpha value is -2.38. The van der Waals surface area contributed by atoms with Gasteiger partial charge in [-0.05, 0) is 17.7 Å². The van der Waals surface area contributed by atoms with Gasteiger partial charge in [-0.2, -0.15) is 0 Å². The van der Waals surface area contributed by atoms with Crippen molar-refractivity contribution in [2.24, 2.45) is 5.84 Å². The third-order valence-electron chi connectivity index (χ3n) is 2.41. The topological polar surface area (TPSA) is 111 Å². The van der Waals surface area contributed by atoms with Gasteiger partial charge in [0.05, 0.1) is 6.61 Å². The molecule has 0 aliphatic heterocycles. The molecule has 0 radical (unpaired) electrons. The summed E-state index contributed by atoms with van der Waals surface area (Å²) in [6.07, 6.45) is 0. The van der Waals surface area contributed by atoms with Gasteiger partial charge >= 0.3 is 0 Å². The molecular weight excluding hydrogens is 250 g/mol. The predicted octanol–water partition coefficient (Wildman–Crippen LogP) is 0.349. The van der Waals surface area contributed by atoms with Gasteiger partial charge in [-0.25, -0.2) is 5.84 Å². The molecule has 0 saturated heterocycles. The average Bonchev–Trinajstić information content (AvgIpc) is 2.93. The van der Waals surface area contributed by atoms with E-state index in [1.54, 1.807) is 24.3 Å². The molecule has 0 spiro atoms. The molecule has 0 aliphatic carbocycles. The van der Waals surface area contributed by atoms with Crippen LogP contribution < -0.4 is 16.0 Å². The van der Waals surface area contributed by atoms with Gasteiger partial charge in [0.2, 0.25) is 0 Å². The lowest BCUT2D eigenvalue weighted by Crippen LogP contribution is -2.30. The van der Waals surface area contributed by atoms with E-state index in [0.717, 1.165) is 5.56 Å². The average molecular weight is 263 g/mol. The van der Waals surface area contributed by atoms with Gasteiger partial charge in [-0.1, -0.05) is 17.3 Å². The highest BCUT2D eigenvalue weighted by Gasteiger charge is 2.11. The maximum Gasteiger partial charge on any atom is 0.287 e. The maximum atomic E-state index is 11.1. The summed E-state index contributed by atoms with van der Waals surface area (Å²) in [5.41, 5.74) is 2.85. The van der Waals surface area contributed by atoms with Crippen molar-refractivity contribution in [2.75, 3.05) is 0 Å². The number of amides is 1. The molecule has 0 atom stereocenters. The second-order valence-corrected chi connectivity index (χ2v) is 3.74. The van der Waals surface area contributed by atoms with Crippen molar-refractivity contribution in [1.29, 1.82) is 0 Å². The number of nitrogens with two attached hydrogens (primary N) is 1. The Morgan fingerprint density at radius 2 is 2.16 bits per heavy atom. The number of benzene rings is 1. The van der Waals surface area contributed by atoms with Crippen LogP contribution in [0, 0.1) is 0 Å². The van der Waals surface area contributed by atoms with Crippen LogP contribution in [0.5, 0.6) is 5.75 Å². The lowest BCUT2D eigenvalue weighted by Gasteiger charge is -2.03. The van der Waals surface area contributed by atoms with Crippen molar-refractivity contribution in [3.63, 3.8) is 0 Å². The van der Waals surface area contributed by atoms with E-state index in [1.165, 1.54) is 6.07 Å². The summed E-state index contributed by atoms with van der Waals surface area (Å²) in [6, 6.07) is 8.42. The summed E-state index contributed by atoms with van der Waals surface area (Å²) in [5.74, 6) is 5.48. The predicted molar refractivity (Wildman–Crippen MR) is 64.9 cm³/mol. The van der Waals surface area contributed by atoms with Crippen molar-refractivity contribution in [3.8, 4) is 5.75 Å². The summed E-state index contributed by atoms with van der Waals surface area (Å²) >= 11 is 0. The molecule has 1 amide bonds. The summed E-state index contributed by atoms with van der Waals surface area (Å²) in [6.45, 7) is 0.128. The van der Waals surface area contributed by atoms with Crippen LogP contribution in [0.25, 0.3) is 0 Å². The third-order valence-corrected chi connectivity index (χ3v) is 2.41. The molecule has 1 heterocycles. The highest BCUT2D eigenvalue weighted by Crippen LogP contribution is 2.14. The highest BCUT2D eigenvalue weighted by molar-refractivity contribution is 5.91. The molecule has 0 saturated carbocycles. The van der Waals surface area contributed by atoms with Crippen molar-refractivity contribution < 1.29 is 19.2 Å². The fourth-order valence-electron chi connectivity index (χ4n) is 1.41. The van der Waals surface area contributed by atoms with Gasteiger partial charge in [0.25, 0.3) is 5.91 Å². The van der Waals surface area contributed by atoms with E-state index in [4.69, 9.17) is 20.2 Å². The van der Waals surface area contributed by atoms with Crippen LogP contribution in [0.3, 0.4) is 0 Å². The van der Waals surface area contributed by atoms with Crippen LogP contribution in [0.1, 0.15) is 21.8 Å². The van der Waals surface area contributed by atoms with Gasteiger partial charge in [0.15, 0.2) is 11.5 Å². The van der Waals surface area contributed by atoms with Crippen LogP contribution in [-0.4, -0.2) is 16.2 Å². The number of rotatable bonds is 5. The molecule has 0 aliphatic rings. The number of nitrogen functional groups attached to an aromatic ring is 1. The molecule has 0 unspecified atom stereocenters. The standard InChI is InChI=1S/C12H13N3O4/c13-14-12(17)11-5-10(19-15-11)7-18-9-3-1-8(6-16)2-4-9/h1-5,16H,6-7,13H2,(H,14,17). The van der Waals surface area contributed by atoms with Crippen LogP contribution in [0.4, 0.5) is 0 Å². The normalized spacial score (nSPS) is 10.2. The first-order valence-corrected chi connectivity index (χ1v) is 5.52. The quantitative estimate of drug-likeness (QED) is 0.408. The number of aliphatic hydroxyl groups excluding tert-OH is 1. The fraction of sp³-hybridized carbons (Fsp3) is 0.167. The Morgan fingerprint density at radius 3 is 2.79 bits per heavy atom. The smallest absolute Gasteiger partial charge is 0.287 e. The number of hydrazine groups is 1. The number of hydrogen-bond acceptors (Lipinski definition) is 6. The van der Waals surface area contributed by atoms with Crippen molar-refractivity contribution >= 4 is 5.91 Å². The second kappa shape index (κ2) is 5.98. The molecule has 2 rings (SSSR count). The van der Waals surface area contributed by atoms with E-state index in [1.807, 2.05) is 5.43 Å². The van der Waals surface area contributed by atoms with E-state index < -0.39 is 5.91 Å². The first-order valence-electron chi connectivity index (χ1n) is 5.52. The first kappa shape index (κ1) is 13.1. The Labute approximate surface area is 108 Å². The molecule has 0 bridgehead atoms.